The van der Waals surface area contributed by atoms with Gasteiger partial charge >= 0.3 is 5.97 Å². The summed E-state index contributed by atoms with van der Waals surface area (Å²) in [6.45, 7) is 2.56. The summed E-state index contributed by atoms with van der Waals surface area (Å²) < 4.78 is 11.4. The second kappa shape index (κ2) is 8.86. The molecule has 26 heavy (non-hydrogen) atoms. The summed E-state index contributed by atoms with van der Waals surface area (Å²) in [4.78, 5) is 13.5. The van der Waals surface area contributed by atoms with Crippen molar-refractivity contribution in [3.8, 4) is 11.5 Å². The molecule has 0 radical (unpaired) electrons. The Morgan fingerprint density at radius 3 is 2.42 bits per heavy atom. The van der Waals surface area contributed by atoms with Crippen LogP contribution >= 0.6 is 0 Å². The number of esters is 1. The van der Waals surface area contributed by atoms with Crippen molar-refractivity contribution in [2.45, 2.75) is 44.8 Å². The number of likely N-dealkylation sites (tertiary alicyclic amines) is 1. The van der Waals surface area contributed by atoms with E-state index < -0.39 is 0 Å². The predicted molar refractivity (Wildman–Crippen MR) is 102 cm³/mol. The summed E-state index contributed by atoms with van der Waals surface area (Å²) in [6.07, 6.45) is 4.75. The van der Waals surface area contributed by atoms with Crippen LogP contribution in [0, 0.1) is 0 Å². The zero-order valence-electron chi connectivity index (χ0n) is 15.6. The van der Waals surface area contributed by atoms with Crippen molar-refractivity contribution < 1.29 is 14.3 Å². The molecule has 0 aliphatic carbocycles. The van der Waals surface area contributed by atoms with E-state index in [1.165, 1.54) is 31.7 Å². The van der Waals surface area contributed by atoms with Crippen LogP contribution in [0.5, 0.6) is 11.5 Å². The highest BCUT2D eigenvalue weighted by Gasteiger charge is 2.25. The summed E-state index contributed by atoms with van der Waals surface area (Å²) in [5, 5.41) is 0. The van der Waals surface area contributed by atoms with Crippen molar-refractivity contribution in [3.63, 3.8) is 0 Å². The molecule has 0 amide bonds. The maximum absolute atomic E-state index is 11.1. The van der Waals surface area contributed by atoms with Crippen LogP contribution in [0.1, 0.15) is 44.3 Å². The molecule has 1 aliphatic heterocycles. The molecule has 3 rings (SSSR count). The first-order chi connectivity index (χ1) is 12.6. The van der Waals surface area contributed by atoms with Crippen LogP contribution < -0.4 is 9.47 Å². The molecule has 0 aromatic heterocycles. The minimum atomic E-state index is -0.318. The summed E-state index contributed by atoms with van der Waals surface area (Å²) in [5.74, 6) is 1.00. The van der Waals surface area contributed by atoms with Crippen molar-refractivity contribution in [2.75, 3.05) is 13.6 Å². The van der Waals surface area contributed by atoms with Gasteiger partial charge in [-0.05, 0) is 56.3 Å². The number of hydrogen-bond acceptors (Lipinski definition) is 4. The maximum Gasteiger partial charge on any atom is 0.308 e. The summed E-state index contributed by atoms with van der Waals surface area (Å²) in [5.41, 5.74) is 1.19. The van der Waals surface area contributed by atoms with Crippen LogP contribution in [0.4, 0.5) is 0 Å². The van der Waals surface area contributed by atoms with Gasteiger partial charge in [-0.15, -0.1) is 0 Å². The lowest BCUT2D eigenvalue weighted by molar-refractivity contribution is -0.131. The fraction of sp³-hybridized carbons (Fsp3) is 0.409. The van der Waals surface area contributed by atoms with Crippen molar-refractivity contribution in [3.05, 3.63) is 60.2 Å². The van der Waals surface area contributed by atoms with Gasteiger partial charge in [0.25, 0.3) is 0 Å². The highest BCUT2D eigenvalue weighted by atomic mass is 16.5. The van der Waals surface area contributed by atoms with Gasteiger partial charge in [0.15, 0.2) is 0 Å². The maximum atomic E-state index is 11.1. The molecule has 2 aromatic carbocycles. The first kappa shape index (κ1) is 18.5. The summed E-state index contributed by atoms with van der Waals surface area (Å²) in [6, 6.07) is 18.2. The Labute approximate surface area is 155 Å². The van der Waals surface area contributed by atoms with Crippen molar-refractivity contribution in [2.24, 2.45) is 0 Å². The molecule has 2 aromatic rings. The Balaban J connectivity index is 1.74. The van der Waals surface area contributed by atoms with Crippen LogP contribution in [0.2, 0.25) is 0 Å². The number of hydrogen-bond donors (Lipinski definition) is 0. The Bertz CT molecular complexity index is 699. The molecule has 2 atom stereocenters. The predicted octanol–water partition coefficient (Wildman–Crippen LogP) is 4.61. The van der Waals surface area contributed by atoms with E-state index in [1.54, 1.807) is 12.1 Å². The molecule has 1 saturated heterocycles. The lowest BCUT2D eigenvalue weighted by Gasteiger charge is -2.35. The normalized spacial score (nSPS) is 18.9. The third-order valence-electron chi connectivity index (χ3n) is 4.94. The highest BCUT2D eigenvalue weighted by molar-refractivity contribution is 5.69. The van der Waals surface area contributed by atoms with Gasteiger partial charge in [0, 0.05) is 19.4 Å². The molecule has 4 heteroatoms. The van der Waals surface area contributed by atoms with Gasteiger partial charge in [0.2, 0.25) is 0 Å². The van der Waals surface area contributed by atoms with Gasteiger partial charge in [-0.3, -0.25) is 4.79 Å². The fourth-order valence-electron chi connectivity index (χ4n) is 3.53. The van der Waals surface area contributed by atoms with E-state index >= 15 is 0 Å². The lowest BCUT2D eigenvalue weighted by atomic mass is 9.94. The van der Waals surface area contributed by atoms with E-state index in [0.29, 0.717) is 11.8 Å². The Morgan fingerprint density at radius 2 is 1.77 bits per heavy atom. The van der Waals surface area contributed by atoms with Gasteiger partial charge < -0.3 is 14.4 Å². The molecule has 0 spiro atoms. The standard InChI is InChI=1S/C22H27NO3/c1-17(24)25-20-11-13-21(14-12-20)26-22(18-8-4-3-5-9-18)16-19-10-6-7-15-23(19)2/h3-5,8-9,11-14,19,22H,6-7,10,15-16H2,1-2H3. The largest absolute Gasteiger partial charge is 0.486 e. The van der Waals surface area contributed by atoms with Gasteiger partial charge in [-0.1, -0.05) is 36.8 Å². The molecule has 1 heterocycles. The topological polar surface area (TPSA) is 38.8 Å². The number of ether oxygens (including phenoxy) is 2. The molecule has 2 unspecified atom stereocenters. The highest BCUT2D eigenvalue weighted by Crippen LogP contribution is 2.31. The molecule has 0 N–H and O–H groups in total. The first-order valence-electron chi connectivity index (χ1n) is 9.32. The van der Waals surface area contributed by atoms with E-state index in [4.69, 9.17) is 9.47 Å². The van der Waals surface area contributed by atoms with Crippen LogP contribution in [-0.4, -0.2) is 30.5 Å². The molecule has 1 fully saturated rings. The number of rotatable bonds is 6. The van der Waals surface area contributed by atoms with Gasteiger partial charge in [0.05, 0.1) is 0 Å². The molecule has 0 bridgehead atoms. The lowest BCUT2D eigenvalue weighted by Crippen LogP contribution is -2.37. The van der Waals surface area contributed by atoms with E-state index in [1.807, 2.05) is 18.2 Å². The van der Waals surface area contributed by atoms with Gasteiger partial charge in [0.1, 0.15) is 17.6 Å². The summed E-state index contributed by atoms with van der Waals surface area (Å²) >= 11 is 0. The van der Waals surface area contributed by atoms with Crippen LogP contribution in [-0.2, 0) is 4.79 Å². The molecule has 0 saturated carbocycles. The molecule has 138 valence electrons. The van der Waals surface area contributed by atoms with Crippen LogP contribution in [0.15, 0.2) is 54.6 Å². The zero-order valence-corrected chi connectivity index (χ0v) is 15.6. The average molecular weight is 353 g/mol. The Kier molecular flexibility index (Phi) is 6.29. The van der Waals surface area contributed by atoms with Crippen LogP contribution in [0.25, 0.3) is 0 Å². The van der Waals surface area contributed by atoms with Gasteiger partial charge in [-0.2, -0.15) is 0 Å². The Hall–Kier alpha value is -2.33. The number of benzene rings is 2. The third-order valence-corrected chi connectivity index (χ3v) is 4.94. The number of piperidine rings is 1. The SMILES string of the molecule is CC(=O)Oc1ccc(OC(CC2CCCCN2C)c2ccccc2)cc1. The second-order valence-corrected chi connectivity index (χ2v) is 6.95. The van der Waals surface area contributed by atoms with E-state index in [-0.39, 0.29) is 12.1 Å². The minimum absolute atomic E-state index is 0.00123. The molecular weight excluding hydrogens is 326 g/mol. The van der Waals surface area contributed by atoms with E-state index in [9.17, 15) is 4.79 Å². The molecule has 1 aliphatic rings. The van der Waals surface area contributed by atoms with Crippen molar-refractivity contribution >= 4 is 5.97 Å². The fourth-order valence-corrected chi connectivity index (χ4v) is 3.53. The van der Waals surface area contributed by atoms with Gasteiger partial charge in [-0.25, -0.2) is 0 Å². The summed E-state index contributed by atoms with van der Waals surface area (Å²) in [7, 11) is 2.21. The van der Waals surface area contributed by atoms with Crippen LogP contribution in [0.3, 0.4) is 0 Å². The van der Waals surface area contributed by atoms with E-state index in [2.05, 4.69) is 36.2 Å². The van der Waals surface area contributed by atoms with E-state index in [0.717, 1.165) is 18.7 Å². The van der Waals surface area contributed by atoms with Crippen molar-refractivity contribution in [1.29, 1.82) is 0 Å². The third kappa shape index (κ3) is 5.09. The molecular formula is C22H27NO3. The second-order valence-electron chi connectivity index (χ2n) is 6.95. The number of carbonyl (C=O) groups excluding carboxylic acids is 1. The first-order valence-corrected chi connectivity index (χ1v) is 9.32. The number of carbonyl (C=O) groups is 1. The minimum Gasteiger partial charge on any atom is -0.486 e. The number of nitrogens with zero attached hydrogens (tertiary/aromatic N) is 1. The molecule has 4 nitrogen and oxygen atoms in total. The quantitative estimate of drug-likeness (QED) is 0.562. The zero-order chi connectivity index (χ0) is 18.4. The monoisotopic (exact) mass is 353 g/mol. The average Bonchev–Trinajstić information content (AvgIpc) is 2.65. The van der Waals surface area contributed by atoms with Crippen molar-refractivity contribution in [1.82, 2.24) is 4.90 Å². The Morgan fingerprint density at radius 1 is 1.08 bits per heavy atom. The smallest absolute Gasteiger partial charge is 0.308 e.